The average Bonchev–Trinajstić information content (AvgIpc) is 2.94. The Morgan fingerprint density at radius 2 is 1.95 bits per heavy atom. The lowest BCUT2D eigenvalue weighted by Gasteiger charge is -2.01. The number of nitrogens with two attached hydrogens (primary N) is 1. The number of hydrogen-bond donors (Lipinski definition) is 2. The molecule has 0 spiro atoms. The van der Waals surface area contributed by atoms with Gasteiger partial charge in [0, 0.05) is 12.8 Å². The first kappa shape index (κ1) is 15.6. The maximum atomic E-state index is 11.9. The van der Waals surface area contributed by atoms with Crippen molar-refractivity contribution in [3.63, 3.8) is 0 Å². The highest BCUT2D eigenvalue weighted by molar-refractivity contribution is 7.15. The molecule has 0 unspecified atom stereocenters. The molecule has 0 bridgehead atoms. The van der Waals surface area contributed by atoms with Crippen molar-refractivity contribution >= 4 is 22.4 Å². The predicted octanol–water partition coefficient (Wildman–Crippen LogP) is 2.39. The third kappa shape index (κ3) is 5.61. The predicted molar refractivity (Wildman–Crippen MR) is 85.3 cm³/mol. The third-order valence-corrected chi connectivity index (χ3v) is 3.94. The molecule has 5 nitrogen and oxygen atoms in total. The molecule has 112 valence electrons. The van der Waals surface area contributed by atoms with Gasteiger partial charge >= 0.3 is 0 Å². The van der Waals surface area contributed by atoms with Gasteiger partial charge in [0.1, 0.15) is 5.01 Å². The maximum Gasteiger partial charge on any atom is 0.226 e. The second kappa shape index (κ2) is 8.49. The number of unbranched alkanes of at least 4 members (excludes halogenated alkanes) is 1. The fraction of sp³-hybridized carbons (Fsp3) is 0.400. The van der Waals surface area contributed by atoms with Crippen LogP contribution in [0.25, 0.3) is 0 Å². The van der Waals surface area contributed by atoms with Gasteiger partial charge in [-0.3, -0.25) is 4.79 Å². The number of aryl methyl sites for hydroxylation is 2. The number of benzene rings is 1. The normalized spacial score (nSPS) is 10.5. The van der Waals surface area contributed by atoms with Crippen molar-refractivity contribution in [1.82, 2.24) is 10.2 Å². The van der Waals surface area contributed by atoms with Gasteiger partial charge < -0.3 is 11.1 Å². The molecule has 1 heterocycles. The Bertz CT molecular complexity index is 556. The number of nitrogens with one attached hydrogen (secondary N) is 1. The van der Waals surface area contributed by atoms with Gasteiger partial charge in [-0.1, -0.05) is 41.7 Å². The van der Waals surface area contributed by atoms with Crippen LogP contribution < -0.4 is 11.1 Å². The van der Waals surface area contributed by atoms with E-state index in [1.54, 1.807) is 0 Å². The Morgan fingerprint density at radius 3 is 2.71 bits per heavy atom. The Kier molecular flexibility index (Phi) is 6.30. The molecule has 3 N–H and O–H groups in total. The fourth-order valence-corrected chi connectivity index (χ4v) is 2.71. The summed E-state index contributed by atoms with van der Waals surface area (Å²) < 4.78 is 0. The number of amides is 1. The molecule has 6 heteroatoms. The van der Waals surface area contributed by atoms with Crippen LogP contribution in [0, 0.1) is 0 Å². The summed E-state index contributed by atoms with van der Waals surface area (Å²) in [6.45, 7) is 0.696. The Morgan fingerprint density at radius 1 is 1.14 bits per heavy atom. The van der Waals surface area contributed by atoms with Crippen LogP contribution in [0.2, 0.25) is 0 Å². The largest absolute Gasteiger partial charge is 0.330 e. The molecule has 21 heavy (non-hydrogen) atoms. The summed E-state index contributed by atoms with van der Waals surface area (Å²) in [5, 5.41) is 12.4. The molecule has 0 radical (unpaired) electrons. The molecule has 2 rings (SSSR count). The number of carbonyl (C=O) groups excluding carboxylic acids is 1. The van der Waals surface area contributed by atoms with Crippen LogP contribution in [0.15, 0.2) is 30.3 Å². The Balaban J connectivity index is 1.75. The van der Waals surface area contributed by atoms with E-state index in [1.807, 2.05) is 30.3 Å². The lowest BCUT2D eigenvalue weighted by molar-refractivity contribution is -0.116. The van der Waals surface area contributed by atoms with Crippen LogP contribution in [0.5, 0.6) is 0 Å². The second-order valence-electron chi connectivity index (χ2n) is 4.78. The summed E-state index contributed by atoms with van der Waals surface area (Å²) in [5.41, 5.74) is 6.62. The standard InChI is InChI=1S/C15H20N4OS/c16-11-5-4-8-14-18-19-15(21-14)17-13(20)10-9-12-6-2-1-3-7-12/h1-3,6-7H,4-5,8-11,16H2,(H,17,19,20). The quantitative estimate of drug-likeness (QED) is 0.734. The minimum Gasteiger partial charge on any atom is -0.330 e. The van der Waals surface area contributed by atoms with E-state index >= 15 is 0 Å². The van der Waals surface area contributed by atoms with Crippen LogP contribution >= 0.6 is 11.3 Å². The summed E-state index contributed by atoms with van der Waals surface area (Å²) in [6, 6.07) is 9.97. The van der Waals surface area contributed by atoms with Gasteiger partial charge in [0.25, 0.3) is 0 Å². The van der Waals surface area contributed by atoms with E-state index in [0.717, 1.165) is 36.3 Å². The highest BCUT2D eigenvalue weighted by atomic mass is 32.1. The van der Waals surface area contributed by atoms with E-state index < -0.39 is 0 Å². The minimum absolute atomic E-state index is 0.0245. The molecule has 0 atom stereocenters. The summed E-state index contributed by atoms with van der Waals surface area (Å²) in [6.07, 6.45) is 4.04. The number of aromatic nitrogens is 2. The van der Waals surface area contributed by atoms with Crippen LogP contribution in [0.4, 0.5) is 5.13 Å². The van der Waals surface area contributed by atoms with Crippen molar-refractivity contribution in [1.29, 1.82) is 0 Å². The molecule has 0 aliphatic rings. The van der Waals surface area contributed by atoms with Crippen LogP contribution in [-0.2, 0) is 17.6 Å². The molecule has 1 aromatic heterocycles. The van der Waals surface area contributed by atoms with Gasteiger partial charge in [-0.15, -0.1) is 10.2 Å². The summed E-state index contributed by atoms with van der Waals surface area (Å²) in [4.78, 5) is 11.9. The summed E-state index contributed by atoms with van der Waals surface area (Å²) in [5.74, 6) is -0.0245. The summed E-state index contributed by atoms with van der Waals surface area (Å²) in [7, 11) is 0. The lowest BCUT2D eigenvalue weighted by atomic mass is 10.1. The van der Waals surface area contributed by atoms with E-state index in [0.29, 0.717) is 18.1 Å². The Labute approximate surface area is 128 Å². The van der Waals surface area contributed by atoms with Gasteiger partial charge in [-0.05, 0) is 31.4 Å². The topological polar surface area (TPSA) is 80.9 Å². The fourth-order valence-electron chi connectivity index (χ4n) is 1.91. The molecular weight excluding hydrogens is 284 g/mol. The highest BCUT2D eigenvalue weighted by Gasteiger charge is 2.08. The zero-order valence-electron chi connectivity index (χ0n) is 11.9. The van der Waals surface area contributed by atoms with Crippen molar-refractivity contribution in [2.45, 2.75) is 32.1 Å². The van der Waals surface area contributed by atoms with E-state index in [1.165, 1.54) is 11.3 Å². The van der Waals surface area contributed by atoms with Crippen molar-refractivity contribution in [2.24, 2.45) is 5.73 Å². The SMILES string of the molecule is NCCCCc1nnc(NC(=O)CCc2ccccc2)s1. The summed E-state index contributed by atoms with van der Waals surface area (Å²) >= 11 is 1.44. The van der Waals surface area contributed by atoms with E-state index in [9.17, 15) is 4.79 Å². The molecule has 0 saturated carbocycles. The zero-order chi connectivity index (χ0) is 14.9. The third-order valence-electron chi connectivity index (χ3n) is 3.04. The number of carbonyl (C=O) groups is 1. The number of anilines is 1. The minimum atomic E-state index is -0.0245. The molecule has 1 amide bonds. The molecule has 2 aromatic rings. The molecule has 0 saturated heterocycles. The second-order valence-corrected chi connectivity index (χ2v) is 5.84. The first-order valence-electron chi connectivity index (χ1n) is 7.14. The van der Waals surface area contributed by atoms with Crippen molar-refractivity contribution in [3.05, 3.63) is 40.9 Å². The number of nitrogens with zero attached hydrogens (tertiary/aromatic N) is 2. The van der Waals surface area contributed by atoms with Gasteiger partial charge in [0.15, 0.2) is 0 Å². The first-order valence-corrected chi connectivity index (χ1v) is 7.96. The number of rotatable bonds is 8. The van der Waals surface area contributed by atoms with Crippen LogP contribution in [0.3, 0.4) is 0 Å². The number of hydrogen-bond acceptors (Lipinski definition) is 5. The molecule has 0 fully saturated rings. The average molecular weight is 304 g/mol. The molecule has 1 aromatic carbocycles. The van der Waals surface area contributed by atoms with Gasteiger partial charge in [0.2, 0.25) is 11.0 Å². The highest BCUT2D eigenvalue weighted by Crippen LogP contribution is 2.17. The zero-order valence-corrected chi connectivity index (χ0v) is 12.7. The van der Waals surface area contributed by atoms with Crippen molar-refractivity contribution in [3.8, 4) is 0 Å². The van der Waals surface area contributed by atoms with E-state index in [-0.39, 0.29) is 5.91 Å². The van der Waals surface area contributed by atoms with Gasteiger partial charge in [-0.2, -0.15) is 0 Å². The Hall–Kier alpha value is -1.79. The van der Waals surface area contributed by atoms with Gasteiger partial charge in [-0.25, -0.2) is 0 Å². The van der Waals surface area contributed by atoms with Crippen molar-refractivity contribution in [2.75, 3.05) is 11.9 Å². The first-order chi connectivity index (χ1) is 10.3. The van der Waals surface area contributed by atoms with Gasteiger partial charge in [0.05, 0.1) is 0 Å². The van der Waals surface area contributed by atoms with E-state index in [2.05, 4.69) is 15.5 Å². The van der Waals surface area contributed by atoms with Crippen LogP contribution in [0.1, 0.15) is 29.8 Å². The molecule has 0 aliphatic heterocycles. The van der Waals surface area contributed by atoms with Crippen LogP contribution in [-0.4, -0.2) is 22.6 Å². The molecular formula is C15H20N4OS. The van der Waals surface area contributed by atoms with Crippen molar-refractivity contribution < 1.29 is 4.79 Å². The smallest absolute Gasteiger partial charge is 0.226 e. The monoisotopic (exact) mass is 304 g/mol. The van der Waals surface area contributed by atoms with E-state index in [4.69, 9.17) is 5.73 Å². The maximum absolute atomic E-state index is 11.9. The molecule has 0 aliphatic carbocycles. The lowest BCUT2D eigenvalue weighted by Crippen LogP contribution is -2.12.